The molecule has 3 aromatic carbocycles. The van der Waals surface area contributed by atoms with Crippen LogP contribution in [0.4, 0.5) is 14.9 Å². The number of aliphatic hydroxyl groups is 1. The number of likely N-dealkylation sites (N-methyl/N-ethyl adjacent to an activating group) is 1. The maximum absolute atomic E-state index is 14.1. The van der Waals surface area contributed by atoms with Crippen molar-refractivity contribution in [3.63, 3.8) is 0 Å². The number of carbonyl (C=O) groups is 2. The maximum Gasteiger partial charge on any atom is 0.321 e. The summed E-state index contributed by atoms with van der Waals surface area (Å²) >= 11 is 0. The Morgan fingerprint density at radius 1 is 1.07 bits per heavy atom. The molecular weight excluding hydrogens is 575 g/mol. The number of benzene rings is 3. The first-order valence-electron chi connectivity index (χ1n) is 13.9. The molecule has 2 N–H and O–H groups in total. The van der Waals surface area contributed by atoms with E-state index >= 15 is 0 Å². The van der Waals surface area contributed by atoms with Crippen molar-refractivity contribution in [3.8, 4) is 16.9 Å². The molecule has 10 nitrogen and oxygen atoms in total. The third-order valence-electron chi connectivity index (χ3n) is 7.45. The molecule has 1 heterocycles. The average molecular weight is 613 g/mol. The number of rotatable bonds is 7. The second-order valence-corrected chi connectivity index (χ2v) is 12.8. The minimum atomic E-state index is -4.06. The van der Waals surface area contributed by atoms with Gasteiger partial charge in [0.2, 0.25) is 10.0 Å². The topological polar surface area (TPSA) is 119 Å². The van der Waals surface area contributed by atoms with Crippen LogP contribution in [0.1, 0.15) is 24.2 Å². The van der Waals surface area contributed by atoms with Crippen molar-refractivity contribution < 1.29 is 32.2 Å². The summed E-state index contributed by atoms with van der Waals surface area (Å²) in [6.45, 7) is 3.16. The molecule has 0 radical (unpaired) electrons. The lowest BCUT2D eigenvalue weighted by molar-refractivity contribution is 0.0827. The smallest absolute Gasteiger partial charge is 0.321 e. The summed E-state index contributed by atoms with van der Waals surface area (Å²) in [5, 5.41) is 12.4. The number of nitrogens with one attached hydrogen (secondary N) is 1. The number of fused-ring (bicyclic) bond motifs is 1. The van der Waals surface area contributed by atoms with Crippen LogP contribution in [-0.2, 0) is 10.0 Å². The van der Waals surface area contributed by atoms with Gasteiger partial charge in [-0.2, -0.15) is 4.31 Å². The summed E-state index contributed by atoms with van der Waals surface area (Å²) in [6, 6.07) is 16.3. The number of carbonyl (C=O) groups excluding carboxylic acids is 2. The van der Waals surface area contributed by atoms with Crippen molar-refractivity contribution in [2.75, 3.05) is 46.2 Å². The molecular formula is C31H37FN4O6S. The molecule has 4 rings (SSSR count). The fraction of sp³-hybridized carbons (Fsp3) is 0.355. The van der Waals surface area contributed by atoms with Crippen molar-refractivity contribution in [3.05, 3.63) is 78.1 Å². The number of urea groups is 1. The molecule has 3 atom stereocenters. The molecule has 0 bridgehead atoms. The third-order valence-corrected chi connectivity index (χ3v) is 9.47. The van der Waals surface area contributed by atoms with E-state index in [9.17, 15) is 27.5 Å². The van der Waals surface area contributed by atoms with Crippen LogP contribution in [0, 0.1) is 11.7 Å². The number of aliphatic hydroxyl groups excluding tert-OH is 1. The van der Waals surface area contributed by atoms with Gasteiger partial charge in [0, 0.05) is 45.2 Å². The Balaban J connectivity index is 1.69. The second kappa shape index (κ2) is 13.1. The summed E-state index contributed by atoms with van der Waals surface area (Å²) in [5.74, 6) is -1.02. The zero-order valence-corrected chi connectivity index (χ0v) is 25.6. The molecule has 3 aromatic rings. The van der Waals surface area contributed by atoms with Crippen LogP contribution in [0.5, 0.6) is 5.75 Å². The predicted octanol–water partition coefficient (Wildman–Crippen LogP) is 4.13. The highest BCUT2D eigenvalue weighted by Crippen LogP contribution is 2.36. The van der Waals surface area contributed by atoms with E-state index in [0.717, 1.165) is 5.56 Å². The Morgan fingerprint density at radius 2 is 1.72 bits per heavy atom. The minimum absolute atomic E-state index is 0.0355. The van der Waals surface area contributed by atoms with Gasteiger partial charge in [0.15, 0.2) is 0 Å². The number of nitrogens with zero attached hydrogens (tertiary/aromatic N) is 3. The predicted molar refractivity (Wildman–Crippen MR) is 162 cm³/mol. The Morgan fingerprint density at radius 3 is 2.35 bits per heavy atom. The van der Waals surface area contributed by atoms with E-state index < -0.39 is 39.9 Å². The van der Waals surface area contributed by atoms with Gasteiger partial charge in [0.1, 0.15) is 22.6 Å². The van der Waals surface area contributed by atoms with Gasteiger partial charge in [-0.05, 0) is 54.4 Å². The number of sulfonamides is 1. The first kappa shape index (κ1) is 31.9. The Bertz CT molecular complexity index is 1580. The Kier molecular flexibility index (Phi) is 9.73. The molecule has 0 unspecified atom stereocenters. The van der Waals surface area contributed by atoms with Crippen LogP contribution in [0.3, 0.4) is 0 Å². The average Bonchev–Trinajstić information content (AvgIpc) is 2.99. The van der Waals surface area contributed by atoms with Crippen molar-refractivity contribution in [2.24, 2.45) is 5.92 Å². The van der Waals surface area contributed by atoms with Crippen molar-refractivity contribution in [1.82, 2.24) is 14.1 Å². The van der Waals surface area contributed by atoms with Gasteiger partial charge in [-0.1, -0.05) is 37.3 Å². The molecule has 230 valence electrons. The molecule has 0 aliphatic carbocycles. The number of anilines is 1. The van der Waals surface area contributed by atoms with E-state index in [-0.39, 0.29) is 41.9 Å². The van der Waals surface area contributed by atoms with Gasteiger partial charge in [-0.3, -0.25) is 4.79 Å². The molecule has 0 saturated carbocycles. The van der Waals surface area contributed by atoms with Crippen LogP contribution in [-0.4, -0.2) is 92.6 Å². The lowest BCUT2D eigenvalue weighted by Crippen LogP contribution is -2.50. The number of halogens is 1. The van der Waals surface area contributed by atoms with E-state index in [1.807, 2.05) is 6.92 Å². The zero-order chi connectivity index (χ0) is 31.5. The molecule has 0 saturated heterocycles. The molecule has 12 heteroatoms. The van der Waals surface area contributed by atoms with Crippen LogP contribution in [0.15, 0.2) is 71.6 Å². The second-order valence-electron chi connectivity index (χ2n) is 11.0. The summed E-state index contributed by atoms with van der Waals surface area (Å²) in [4.78, 5) is 28.0. The van der Waals surface area contributed by atoms with Crippen molar-refractivity contribution in [2.45, 2.75) is 30.9 Å². The molecule has 0 aromatic heterocycles. The van der Waals surface area contributed by atoms with E-state index in [2.05, 4.69) is 5.32 Å². The summed E-state index contributed by atoms with van der Waals surface area (Å²) in [6.07, 6.45) is -0.658. The standard InChI is InChI=1S/C31H37FN4O6S/c1-20-17-36(21(2)19-37)43(40,41)29-15-14-24(22-10-12-23(13-11-22)30(38)34(3)4)16-27(29)42-28(20)18-35(5)31(39)33-26-9-7-6-8-25(26)32/h6-16,20-21,28,37H,17-19H2,1-5H3,(H,33,39)/t20-,21-,28+/m1/s1. The third kappa shape index (κ3) is 6.98. The number of para-hydroxylation sites is 1. The van der Waals surface area contributed by atoms with Crippen molar-refractivity contribution >= 4 is 27.6 Å². The van der Waals surface area contributed by atoms with Gasteiger partial charge in [-0.15, -0.1) is 0 Å². The van der Waals surface area contributed by atoms with Crippen LogP contribution < -0.4 is 10.1 Å². The van der Waals surface area contributed by atoms with E-state index in [4.69, 9.17) is 4.74 Å². The quantitative estimate of drug-likeness (QED) is 0.414. The van der Waals surface area contributed by atoms with Gasteiger partial charge in [0.05, 0.1) is 18.8 Å². The molecule has 3 amide bonds. The number of hydrogen-bond acceptors (Lipinski definition) is 6. The molecule has 0 spiro atoms. The summed E-state index contributed by atoms with van der Waals surface area (Å²) in [5.41, 5.74) is 1.95. The fourth-order valence-electron chi connectivity index (χ4n) is 4.81. The summed E-state index contributed by atoms with van der Waals surface area (Å²) in [7, 11) is 0.820. The molecule has 1 aliphatic heterocycles. The van der Waals surface area contributed by atoms with Gasteiger partial charge >= 0.3 is 6.03 Å². The lowest BCUT2D eigenvalue weighted by atomic mass is 10.0. The highest BCUT2D eigenvalue weighted by atomic mass is 32.2. The maximum atomic E-state index is 14.1. The Hall–Kier alpha value is -4.00. The van der Waals surface area contributed by atoms with Crippen LogP contribution in [0.2, 0.25) is 0 Å². The summed E-state index contributed by atoms with van der Waals surface area (Å²) < 4.78 is 49.4. The largest absolute Gasteiger partial charge is 0.487 e. The van der Waals surface area contributed by atoms with Crippen LogP contribution in [0.25, 0.3) is 11.1 Å². The number of ether oxygens (including phenoxy) is 1. The lowest BCUT2D eigenvalue weighted by Gasteiger charge is -2.37. The minimum Gasteiger partial charge on any atom is -0.487 e. The van der Waals surface area contributed by atoms with Crippen LogP contribution >= 0.6 is 0 Å². The first-order chi connectivity index (χ1) is 20.3. The Labute approximate surface area is 251 Å². The van der Waals surface area contributed by atoms with E-state index in [1.165, 1.54) is 38.4 Å². The van der Waals surface area contributed by atoms with Gasteiger partial charge in [-0.25, -0.2) is 17.6 Å². The van der Waals surface area contributed by atoms with E-state index in [0.29, 0.717) is 11.1 Å². The van der Waals surface area contributed by atoms with Gasteiger partial charge in [0.25, 0.3) is 5.91 Å². The SMILES string of the molecule is C[C@@H]1CN([C@H](C)CO)S(=O)(=O)c2ccc(-c3ccc(C(=O)N(C)C)cc3)cc2O[C@H]1CN(C)C(=O)Nc1ccccc1F. The monoisotopic (exact) mass is 612 g/mol. The van der Waals surface area contributed by atoms with E-state index in [1.54, 1.807) is 70.5 Å². The highest BCUT2D eigenvalue weighted by molar-refractivity contribution is 7.89. The first-order valence-corrected chi connectivity index (χ1v) is 15.3. The fourth-order valence-corrected chi connectivity index (χ4v) is 6.64. The molecule has 43 heavy (non-hydrogen) atoms. The van der Waals surface area contributed by atoms with Crippen molar-refractivity contribution in [1.29, 1.82) is 0 Å². The number of amides is 3. The molecule has 0 fully saturated rings. The van der Waals surface area contributed by atoms with Gasteiger partial charge < -0.3 is 25.0 Å². The highest BCUT2D eigenvalue weighted by Gasteiger charge is 2.38. The zero-order valence-electron chi connectivity index (χ0n) is 24.8. The normalized spacial score (nSPS) is 18.8. The molecule has 1 aliphatic rings. The number of hydrogen-bond donors (Lipinski definition) is 2.